The minimum Gasteiger partial charge on any atom is -0.505 e. The summed E-state index contributed by atoms with van der Waals surface area (Å²) in [5.41, 5.74) is 0.936. The van der Waals surface area contributed by atoms with E-state index in [2.05, 4.69) is 0 Å². The van der Waals surface area contributed by atoms with Gasteiger partial charge in [0.15, 0.2) is 5.69 Å². The van der Waals surface area contributed by atoms with Crippen LogP contribution in [0.4, 0.5) is 0 Å². The predicted octanol–water partition coefficient (Wildman–Crippen LogP) is 1.82. The molecule has 0 aliphatic heterocycles. The second-order valence-corrected chi connectivity index (χ2v) is 3.09. The van der Waals surface area contributed by atoms with Gasteiger partial charge >= 0.3 is 5.97 Å². The van der Waals surface area contributed by atoms with Gasteiger partial charge in [0.25, 0.3) is 0 Å². The molecular formula is C11H11NO3. The fourth-order valence-corrected chi connectivity index (χ4v) is 1.51. The lowest BCUT2D eigenvalue weighted by Crippen LogP contribution is -2.07. The first kappa shape index (κ1) is 9.58. The Kier molecular flexibility index (Phi) is 2.33. The van der Waals surface area contributed by atoms with Gasteiger partial charge in [-0.2, -0.15) is 0 Å². The van der Waals surface area contributed by atoms with Crippen molar-refractivity contribution in [2.75, 3.05) is 6.61 Å². The van der Waals surface area contributed by atoms with Crippen LogP contribution in [0.2, 0.25) is 0 Å². The summed E-state index contributed by atoms with van der Waals surface area (Å²) in [5, 5.41) is 9.61. The molecule has 0 amide bonds. The standard InChI is InChI=1S/C11H11NO3/c1-2-15-11(14)10-9(13)7-8-5-3-4-6-12(8)10/h3-7,13H,2H2,1H3. The highest BCUT2D eigenvalue weighted by Crippen LogP contribution is 2.23. The van der Waals surface area contributed by atoms with Gasteiger partial charge in [0.2, 0.25) is 0 Å². The number of aromatic hydroxyl groups is 1. The van der Waals surface area contributed by atoms with E-state index < -0.39 is 5.97 Å². The SMILES string of the molecule is CCOC(=O)c1c(O)cc2ccccn12. The van der Waals surface area contributed by atoms with Crippen LogP contribution < -0.4 is 0 Å². The molecule has 4 heteroatoms. The number of aromatic nitrogens is 1. The third-order valence-corrected chi connectivity index (χ3v) is 2.13. The van der Waals surface area contributed by atoms with E-state index >= 15 is 0 Å². The van der Waals surface area contributed by atoms with Crippen LogP contribution in [-0.2, 0) is 4.74 Å². The van der Waals surface area contributed by atoms with Crippen molar-refractivity contribution >= 4 is 11.5 Å². The molecule has 0 radical (unpaired) electrons. The summed E-state index contributed by atoms with van der Waals surface area (Å²) >= 11 is 0. The van der Waals surface area contributed by atoms with E-state index in [0.29, 0.717) is 6.61 Å². The van der Waals surface area contributed by atoms with Crippen LogP contribution in [0.3, 0.4) is 0 Å². The average Bonchev–Trinajstić information content (AvgIpc) is 2.54. The summed E-state index contributed by atoms with van der Waals surface area (Å²) in [4.78, 5) is 11.5. The van der Waals surface area contributed by atoms with Crippen LogP contribution in [0, 0.1) is 0 Å². The number of hydrogen-bond acceptors (Lipinski definition) is 3. The van der Waals surface area contributed by atoms with Crippen LogP contribution >= 0.6 is 0 Å². The van der Waals surface area contributed by atoms with Gasteiger partial charge in [-0.15, -0.1) is 0 Å². The van der Waals surface area contributed by atoms with Gasteiger partial charge in [-0.05, 0) is 19.1 Å². The topological polar surface area (TPSA) is 50.9 Å². The number of rotatable bonds is 2. The molecule has 0 unspecified atom stereocenters. The highest BCUT2D eigenvalue weighted by atomic mass is 16.5. The Balaban J connectivity index is 2.58. The van der Waals surface area contributed by atoms with Gasteiger partial charge in [-0.1, -0.05) is 6.07 Å². The van der Waals surface area contributed by atoms with Crippen molar-refractivity contribution < 1.29 is 14.6 Å². The van der Waals surface area contributed by atoms with Crippen molar-refractivity contribution in [3.63, 3.8) is 0 Å². The summed E-state index contributed by atoms with van der Waals surface area (Å²) in [7, 11) is 0. The molecule has 78 valence electrons. The van der Waals surface area contributed by atoms with Gasteiger partial charge in [-0.3, -0.25) is 0 Å². The summed E-state index contributed by atoms with van der Waals surface area (Å²) in [6.07, 6.45) is 1.71. The van der Waals surface area contributed by atoms with Crippen molar-refractivity contribution in [3.8, 4) is 5.75 Å². The van der Waals surface area contributed by atoms with Crippen LogP contribution in [0.1, 0.15) is 17.4 Å². The van der Waals surface area contributed by atoms with Crippen molar-refractivity contribution in [3.05, 3.63) is 36.2 Å². The van der Waals surface area contributed by atoms with Gasteiger partial charge in [0, 0.05) is 17.8 Å². The number of hydrogen-bond donors (Lipinski definition) is 1. The molecule has 2 aromatic rings. The summed E-state index contributed by atoms with van der Waals surface area (Å²) in [5.74, 6) is -0.569. The maximum atomic E-state index is 11.5. The Morgan fingerprint density at radius 3 is 3.07 bits per heavy atom. The molecular weight excluding hydrogens is 194 g/mol. The second-order valence-electron chi connectivity index (χ2n) is 3.09. The third-order valence-electron chi connectivity index (χ3n) is 2.13. The largest absolute Gasteiger partial charge is 0.505 e. The minimum atomic E-state index is -0.513. The molecule has 0 spiro atoms. The van der Waals surface area contributed by atoms with Crippen molar-refractivity contribution in [2.45, 2.75) is 6.92 Å². The zero-order valence-corrected chi connectivity index (χ0v) is 8.30. The van der Waals surface area contributed by atoms with Crippen molar-refractivity contribution in [2.24, 2.45) is 0 Å². The number of nitrogens with zero attached hydrogens (tertiary/aromatic N) is 1. The van der Waals surface area contributed by atoms with E-state index in [-0.39, 0.29) is 11.4 Å². The summed E-state index contributed by atoms with van der Waals surface area (Å²) in [6.45, 7) is 2.02. The van der Waals surface area contributed by atoms with E-state index in [4.69, 9.17) is 4.74 Å². The molecule has 0 aliphatic rings. The molecule has 0 fully saturated rings. The molecule has 0 atom stereocenters. The zero-order chi connectivity index (χ0) is 10.8. The molecule has 0 saturated carbocycles. The monoisotopic (exact) mass is 205 g/mol. The maximum Gasteiger partial charge on any atom is 0.359 e. The van der Waals surface area contributed by atoms with Crippen LogP contribution in [0.25, 0.3) is 5.52 Å². The molecule has 4 nitrogen and oxygen atoms in total. The van der Waals surface area contributed by atoms with Crippen LogP contribution in [0.15, 0.2) is 30.5 Å². The number of carbonyl (C=O) groups is 1. The van der Waals surface area contributed by atoms with E-state index in [1.807, 2.05) is 12.1 Å². The normalized spacial score (nSPS) is 10.5. The smallest absolute Gasteiger partial charge is 0.359 e. The maximum absolute atomic E-state index is 11.5. The predicted molar refractivity (Wildman–Crippen MR) is 55.0 cm³/mol. The Labute approximate surface area is 86.7 Å². The molecule has 0 aliphatic carbocycles. The Morgan fingerprint density at radius 2 is 2.33 bits per heavy atom. The molecule has 15 heavy (non-hydrogen) atoms. The van der Waals surface area contributed by atoms with Crippen LogP contribution in [0.5, 0.6) is 5.75 Å². The molecule has 2 aromatic heterocycles. The number of fused-ring (bicyclic) bond motifs is 1. The van der Waals surface area contributed by atoms with Gasteiger partial charge in [0.1, 0.15) is 5.75 Å². The van der Waals surface area contributed by atoms with Gasteiger partial charge < -0.3 is 14.2 Å². The number of pyridine rings is 1. The highest BCUT2D eigenvalue weighted by Gasteiger charge is 2.17. The van der Waals surface area contributed by atoms with Crippen molar-refractivity contribution in [1.29, 1.82) is 0 Å². The highest BCUT2D eigenvalue weighted by molar-refractivity contribution is 5.92. The first-order valence-corrected chi connectivity index (χ1v) is 4.70. The quantitative estimate of drug-likeness (QED) is 0.761. The molecule has 0 aromatic carbocycles. The lowest BCUT2D eigenvalue weighted by Gasteiger charge is -2.02. The number of carbonyl (C=O) groups excluding carboxylic acids is 1. The van der Waals surface area contributed by atoms with E-state index in [9.17, 15) is 9.90 Å². The minimum absolute atomic E-state index is 0.0559. The molecule has 0 saturated heterocycles. The molecule has 0 bridgehead atoms. The second kappa shape index (κ2) is 3.65. The molecule has 2 rings (SSSR count). The zero-order valence-electron chi connectivity index (χ0n) is 8.30. The van der Waals surface area contributed by atoms with Crippen molar-refractivity contribution in [1.82, 2.24) is 4.40 Å². The van der Waals surface area contributed by atoms with Gasteiger partial charge in [-0.25, -0.2) is 4.79 Å². The fraction of sp³-hybridized carbons (Fsp3) is 0.182. The summed E-state index contributed by atoms with van der Waals surface area (Å²) < 4.78 is 6.46. The Bertz CT molecular complexity index is 502. The summed E-state index contributed by atoms with van der Waals surface area (Å²) in [6, 6.07) is 6.97. The Morgan fingerprint density at radius 1 is 1.53 bits per heavy atom. The van der Waals surface area contributed by atoms with E-state index in [1.54, 1.807) is 23.6 Å². The van der Waals surface area contributed by atoms with Gasteiger partial charge in [0.05, 0.1) is 6.61 Å². The first-order chi connectivity index (χ1) is 7.24. The molecule has 2 heterocycles. The molecule has 1 N–H and O–H groups in total. The average molecular weight is 205 g/mol. The first-order valence-electron chi connectivity index (χ1n) is 4.70. The van der Waals surface area contributed by atoms with Crippen LogP contribution in [-0.4, -0.2) is 22.1 Å². The number of esters is 1. The lowest BCUT2D eigenvalue weighted by molar-refractivity contribution is 0.0515. The third kappa shape index (κ3) is 1.54. The van der Waals surface area contributed by atoms with E-state index in [0.717, 1.165) is 5.52 Å². The lowest BCUT2D eigenvalue weighted by atomic mass is 10.4. The Hall–Kier alpha value is -1.97. The van der Waals surface area contributed by atoms with E-state index in [1.165, 1.54) is 6.07 Å². The number of ether oxygens (including phenoxy) is 1. The fourth-order valence-electron chi connectivity index (χ4n) is 1.51.